The number of fused-ring (bicyclic) bond motifs is 1. The predicted molar refractivity (Wildman–Crippen MR) is 84.0 cm³/mol. The molecule has 0 aliphatic carbocycles. The molecule has 0 bridgehead atoms. The van der Waals surface area contributed by atoms with E-state index in [1.165, 1.54) is 6.07 Å². The SMILES string of the molecule is Nc1nc(N)c2c(OCCc3ccccc3F)cccc2n1. The van der Waals surface area contributed by atoms with Crippen LogP contribution in [0.2, 0.25) is 0 Å². The lowest BCUT2D eigenvalue weighted by molar-refractivity contribution is 0.323. The van der Waals surface area contributed by atoms with Crippen LogP contribution in [-0.2, 0) is 6.42 Å². The number of hydrogen-bond donors (Lipinski definition) is 2. The van der Waals surface area contributed by atoms with E-state index in [1.807, 2.05) is 0 Å². The summed E-state index contributed by atoms with van der Waals surface area (Å²) >= 11 is 0. The van der Waals surface area contributed by atoms with Crippen molar-refractivity contribution in [3.8, 4) is 5.75 Å². The summed E-state index contributed by atoms with van der Waals surface area (Å²) in [6.07, 6.45) is 0.457. The van der Waals surface area contributed by atoms with E-state index in [1.54, 1.807) is 36.4 Å². The molecule has 0 unspecified atom stereocenters. The van der Waals surface area contributed by atoms with E-state index in [0.29, 0.717) is 35.2 Å². The van der Waals surface area contributed by atoms with Gasteiger partial charge in [-0.15, -0.1) is 0 Å². The van der Waals surface area contributed by atoms with E-state index >= 15 is 0 Å². The lowest BCUT2D eigenvalue weighted by Crippen LogP contribution is -2.05. The second-order valence-electron chi connectivity index (χ2n) is 4.81. The molecule has 0 fully saturated rings. The highest BCUT2D eigenvalue weighted by atomic mass is 19.1. The Balaban J connectivity index is 1.81. The van der Waals surface area contributed by atoms with Gasteiger partial charge in [0, 0.05) is 6.42 Å². The highest BCUT2D eigenvalue weighted by molar-refractivity contribution is 5.94. The summed E-state index contributed by atoms with van der Waals surface area (Å²) in [5.41, 5.74) is 12.7. The van der Waals surface area contributed by atoms with Gasteiger partial charge in [-0.25, -0.2) is 9.37 Å². The number of anilines is 2. The summed E-state index contributed by atoms with van der Waals surface area (Å²) < 4.78 is 19.3. The number of hydrogen-bond acceptors (Lipinski definition) is 5. The summed E-state index contributed by atoms with van der Waals surface area (Å²) in [5, 5.41) is 0.616. The van der Waals surface area contributed by atoms with Crippen molar-refractivity contribution in [2.24, 2.45) is 0 Å². The number of aromatic nitrogens is 2. The first kappa shape index (κ1) is 14.1. The molecule has 2 aromatic carbocycles. The third kappa shape index (κ3) is 2.76. The molecule has 1 heterocycles. The Hall–Kier alpha value is -2.89. The average Bonchev–Trinajstić information content (AvgIpc) is 2.48. The molecule has 0 aliphatic rings. The molecule has 6 heteroatoms. The molecule has 0 saturated carbocycles. The first-order valence-corrected chi connectivity index (χ1v) is 6.83. The molecule has 4 N–H and O–H groups in total. The number of nitrogens with two attached hydrogens (primary N) is 2. The second kappa shape index (κ2) is 5.85. The Morgan fingerprint density at radius 1 is 1.00 bits per heavy atom. The Kier molecular flexibility index (Phi) is 3.74. The Bertz CT molecular complexity index is 822. The third-order valence-electron chi connectivity index (χ3n) is 3.32. The number of rotatable bonds is 4. The Morgan fingerprint density at radius 3 is 2.64 bits per heavy atom. The van der Waals surface area contributed by atoms with Gasteiger partial charge < -0.3 is 16.2 Å². The topological polar surface area (TPSA) is 87.0 Å². The lowest BCUT2D eigenvalue weighted by atomic mass is 10.1. The van der Waals surface area contributed by atoms with Crippen molar-refractivity contribution in [2.75, 3.05) is 18.1 Å². The first-order valence-electron chi connectivity index (χ1n) is 6.83. The van der Waals surface area contributed by atoms with E-state index in [4.69, 9.17) is 16.2 Å². The van der Waals surface area contributed by atoms with E-state index in [-0.39, 0.29) is 17.6 Å². The van der Waals surface area contributed by atoms with Crippen molar-refractivity contribution in [3.63, 3.8) is 0 Å². The molecule has 0 radical (unpaired) electrons. The van der Waals surface area contributed by atoms with Crippen molar-refractivity contribution < 1.29 is 9.13 Å². The second-order valence-corrected chi connectivity index (χ2v) is 4.81. The van der Waals surface area contributed by atoms with Crippen LogP contribution in [0.1, 0.15) is 5.56 Å². The van der Waals surface area contributed by atoms with Gasteiger partial charge in [-0.3, -0.25) is 0 Å². The van der Waals surface area contributed by atoms with Gasteiger partial charge in [0.25, 0.3) is 0 Å². The van der Waals surface area contributed by atoms with Crippen molar-refractivity contribution in [3.05, 3.63) is 53.8 Å². The molecule has 112 valence electrons. The quantitative estimate of drug-likeness (QED) is 0.773. The minimum atomic E-state index is -0.236. The molecule has 1 aromatic heterocycles. The van der Waals surface area contributed by atoms with Gasteiger partial charge in [0.15, 0.2) is 0 Å². The van der Waals surface area contributed by atoms with Crippen LogP contribution in [0.15, 0.2) is 42.5 Å². The predicted octanol–water partition coefficient (Wildman–Crippen LogP) is 2.55. The van der Waals surface area contributed by atoms with Crippen molar-refractivity contribution >= 4 is 22.7 Å². The fourth-order valence-electron chi connectivity index (χ4n) is 2.29. The number of nitrogens with zero attached hydrogens (tertiary/aromatic N) is 2. The number of halogens is 1. The molecule has 3 aromatic rings. The Labute approximate surface area is 126 Å². The summed E-state index contributed by atoms with van der Waals surface area (Å²) in [5.74, 6) is 0.712. The van der Waals surface area contributed by atoms with Crippen molar-refractivity contribution in [1.82, 2.24) is 9.97 Å². The number of benzene rings is 2. The zero-order chi connectivity index (χ0) is 15.5. The normalized spacial score (nSPS) is 10.8. The highest BCUT2D eigenvalue weighted by Gasteiger charge is 2.10. The lowest BCUT2D eigenvalue weighted by Gasteiger charge is -2.11. The van der Waals surface area contributed by atoms with Crippen molar-refractivity contribution in [1.29, 1.82) is 0 Å². The molecular formula is C16H15FN4O. The van der Waals surface area contributed by atoms with E-state index in [9.17, 15) is 4.39 Å². The zero-order valence-electron chi connectivity index (χ0n) is 11.8. The maximum atomic E-state index is 13.6. The molecule has 0 atom stereocenters. The van der Waals surface area contributed by atoms with Gasteiger partial charge in [-0.1, -0.05) is 24.3 Å². The Morgan fingerprint density at radius 2 is 1.82 bits per heavy atom. The van der Waals surface area contributed by atoms with Gasteiger partial charge in [-0.2, -0.15) is 4.98 Å². The minimum absolute atomic E-state index is 0.119. The van der Waals surface area contributed by atoms with Gasteiger partial charge in [-0.05, 0) is 23.8 Å². The average molecular weight is 298 g/mol. The van der Waals surface area contributed by atoms with Crippen LogP contribution >= 0.6 is 0 Å². The molecule has 22 heavy (non-hydrogen) atoms. The fourth-order valence-corrected chi connectivity index (χ4v) is 2.29. The van der Waals surface area contributed by atoms with Crippen molar-refractivity contribution in [2.45, 2.75) is 6.42 Å². The third-order valence-corrected chi connectivity index (χ3v) is 3.32. The van der Waals surface area contributed by atoms with Gasteiger partial charge in [0.2, 0.25) is 5.95 Å². The molecule has 0 amide bonds. The van der Waals surface area contributed by atoms with E-state index in [0.717, 1.165) is 0 Å². The first-order chi connectivity index (χ1) is 10.6. The van der Waals surface area contributed by atoms with Crippen LogP contribution in [0.5, 0.6) is 5.75 Å². The molecule has 0 saturated heterocycles. The number of ether oxygens (including phenoxy) is 1. The van der Waals surface area contributed by atoms with Crippen LogP contribution in [0, 0.1) is 5.82 Å². The molecular weight excluding hydrogens is 283 g/mol. The molecule has 0 spiro atoms. The van der Waals surface area contributed by atoms with Crippen LogP contribution in [0.3, 0.4) is 0 Å². The fraction of sp³-hybridized carbons (Fsp3) is 0.125. The van der Waals surface area contributed by atoms with Gasteiger partial charge in [0.1, 0.15) is 17.4 Å². The summed E-state index contributed by atoms with van der Waals surface area (Å²) in [4.78, 5) is 8.07. The smallest absolute Gasteiger partial charge is 0.222 e. The zero-order valence-corrected chi connectivity index (χ0v) is 11.8. The van der Waals surface area contributed by atoms with Gasteiger partial charge >= 0.3 is 0 Å². The largest absolute Gasteiger partial charge is 0.492 e. The maximum Gasteiger partial charge on any atom is 0.222 e. The minimum Gasteiger partial charge on any atom is -0.492 e. The van der Waals surface area contributed by atoms with Crippen LogP contribution in [-0.4, -0.2) is 16.6 Å². The monoisotopic (exact) mass is 298 g/mol. The van der Waals surface area contributed by atoms with Crippen LogP contribution in [0.4, 0.5) is 16.2 Å². The van der Waals surface area contributed by atoms with Crippen LogP contribution in [0.25, 0.3) is 10.9 Å². The molecule has 3 rings (SSSR count). The molecule has 5 nitrogen and oxygen atoms in total. The molecule has 0 aliphatic heterocycles. The van der Waals surface area contributed by atoms with Gasteiger partial charge in [0.05, 0.1) is 17.5 Å². The standard InChI is InChI=1S/C16H15FN4O/c17-11-5-2-1-4-10(11)8-9-22-13-7-3-6-12-14(13)15(18)21-16(19)20-12/h1-7H,8-9H2,(H4,18,19,20,21). The summed E-state index contributed by atoms with van der Waals surface area (Å²) in [6.45, 7) is 0.323. The highest BCUT2D eigenvalue weighted by Crippen LogP contribution is 2.29. The van der Waals surface area contributed by atoms with Crippen LogP contribution < -0.4 is 16.2 Å². The van der Waals surface area contributed by atoms with E-state index in [2.05, 4.69) is 9.97 Å². The summed E-state index contributed by atoms with van der Waals surface area (Å²) in [7, 11) is 0. The maximum absolute atomic E-state index is 13.6. The summed E-state index contributed by atoms with van der Waals surface area (Å²) in [6, 6.07) is 12.0. The number of nitrogen functional groups attached to an aromatic ring is 2. The van der Waals surface area contributed by atoms with E-state index < -0.39 is 0 Å².